The maximum atomic E-state index is 13.9. The minimum atomic E-state index is -1.22. The molecule has 1 saturated carbocycles. The average Bonchev–Trinajstić information content (AvgIpc) is 3.53. The third-order valence-corrected chi connectivity index (χ3v) is 8.58. The van der Waals surface area contributed by atoms with Crippen LogP contribution in [-0.2, 0) is 16.0 Å². The number of carbonyl (C=O) groups excluding carboxylic acids is 3. The largest absolute Gasteiger partial charge is 0.493 e. The summed E-state index contributed by atoms with van der Waals surface area (Å²) in [6, 6.07) is 8.51. The number of aliphatic hydroxyl groups excluding tert-OH is 2. The molecule has 2 aromatic carbocycles. The molecule has 11 heteroatoms. The molecule has 2 amide bonds. The molecular weight excluding hydrogens is 658 g/mol. The first kappa shape index (κ1) is 31.9. The Labute approximate surface area is 258 Å². The van der Waals surface area contributed by atoms with Crippen molar-refractivity contribution in [3.05, 3.63) is 68.6 Å². The number of ether oxygens (including phenoxy) is 2. The summed E-state index contributed by atoms with van der Waals surface area (Å²) in [4.78, 5) is 40.0. The summed E-state index contributed by atoms with van der Waals surface area (Å²) in [7, 11) is 1.44. The third-order valence-electron chi connectivity index (χ3n) is 7.77. The fourth-order valence-electron chi connectivity index (χ4n) is 5.63. The summed E-state index contributed by atoms with van der Waals surface area (Å²) in [6.07, 6.45) is 3.76. The zero-order valence-corrected chi connectivity index (χ0v) is 25.6. The van der Waals surface area contributed by atoms with Crippen LogP contribution >= 0.6 is 22.6 Å². The summed E-state index contributed by atoms with van der Waals surface area (Å²) in [5, 5.41) is 23.6. The molecule has 9 nitrogen and oxygen atoms in total. The van der Waals surface area contributed by atoms with E-state index in [-0.39, 0.29) is 55.3 Å². The summed E-state index contributed by atoms with van der Waals surface area (Å²) in [5.74, 6) is -0.547. The molecule has 2 aromatic rings. The van der Waals surface area contributed by atoms with Crippen molar-refractivity contribution >= 4 is 40.7 Å². The number of aliphatic hydroxyl groups is 2. The molecule has 0 saturated heterocycles. The number of hydrogen-bond donors (Lipinski definition) is 3. The number of amides is 2. The Kier molecular flexibility index (Phi) is 11.3. The number of carbonyl (C=O) groups is 3. The quantitative estimate of drug-likeness (QED) is 0.230. The zero-order valence-electron chi connectivity index (χ0n) is 23.4. The molecule has 0 heterocycles. The van der Waals surface area contributed by atoms with Gasteiger partial charge in [0.15, 0.2) is 11.5 Å². The standard InChI is InChI=1S/C31H36FIN2O7/c1-41-27-15-20(18-37)14-24(33)29(27)42-26-17-22(30(39)34-10-12-36)16-25(28(26)38)35(31(40)21-6-2-3-7-21)11-9-19-5-4-8-23(32)13-19/h4-5,8,13-15,17-18,21,25-26,28,36,38H,2-3,6-7,9-12,16H2,1H3,(H,34,39)/t25-,26+,28+/m1/s1. The number of hydrogen-bond acceptors (Lipinski definition) is 7. The van der Waals surface area contributed by atoms with E-state index in [9.17, 15) is 29.0 Å². The molecule has 3 atom stereocenters. The Morgan fingerprint density at radius 2 is 1.98 bits per heavy atom. The van der Waals surface area contributed by atoms with Crippen LogP contribution in [0.1, 0.15) is 48.0 Å². The van der Waals surface area contributed by atoms with Gasteiger partial charge in [0.1, 0.15) is 24.3 Å². The van der Waals surface area contributed by atoms with Gasteiger partial charge in [-0.1, -0.05) is 25.0 Å². The van der Waals surface area contributed by atoms with E-state index in [1.165, 1.54) is 31.4 Å². The van der Waals surface area contributed by atoms with Crippen molar-refractivity contribution in [2.75, 3.05) is 26.8 Å². The first-order chi connectivity index (χ1) is 20.2. The van der Waals surface area contributed by atoms with Gasteiger partial charge in [-0.2, -0.15) is 0 Å². The van der Waals surface area contributed by atoms with Gasteiger partial charge in [0.25, 0.3) is 0 Å². The molecular formula is C31H36FIN2O7. The smallest absolute Gasteiger partial charge is 0.247 e. The van der Waals surface area contributed by atoms with E-state index in [4.69, 9.17) is 9.47 Å². The second-order valence-electron chi connectivity index (χ2n) is 10.6. The van der Waals surface area contributed by atoms with E-state index >= 15 is 0 Å². The van der Waals surface area contributed by atoms with Gasteiger partial charge in [-0.05, 0) is 77.8 Å². The van der Waals surface area contributed by atoms with Crippen molar-refractivity contribution in [2.45, 2.75) is 56.8 Å². The van der Waals surface area contributed by atoms with Gasteiger partial charge in [-0.15, -0.1) is 0 Å². The molecule has 4 rings (SSSR count). The molecule has 0 aromatic heterocycles. The lowest BCUT2D eigenvalue weighted by molar-refractivity contribution is -0.142. The molecule has 0 unspecified atom stereocenters. The third kappa shape index (κ3) is 7.67. The molecule has 2 aliphatic rings. The first-order valence-corrected chi connectivity index (χ1v) is 15.2. The molecule has 1 fully saturated rings. The number of methoxy groups -OCH3 is 1. The second-order valence-corrected chi connectivity index (χ2v) is 11.7. The van der Waals surface area contributed by atoms with Crippen LogP contribution in [-0.4, -0.2) is 78.3 Å². The fraction of sp³-hybridized carbons (Fsp3) is 0.452. The number of nitrogens with zero attached hydrogens (tertiary/aromatic N) is 1. The first-order valence-electron chi connectivity index (χ1n) is 14.1. The van der Waals surface area contributed by atoms with Crippen LogP contribution in [0.5, 0.6) is 11.5 Å². The normalized spacial score (nSPS) is 20.5. The van der Waals surface area contributed by atoms with Crippen molar-refractivity contribution in [1.82, 2.24) is 10.2 Å². The van der Waals surface area contributed by atoms with Gasteiger partial charge in [-0.25, -0.2) is 4.39 Å². The predicted molar refractivity (Wildman–Crippen MR) is 162 cm³/mol. The average molecular weight is 695 g/mol. The van der Waals surface area contributed by atoms with Crippen LogP contribution in [0.3, 0.4) is 0 Å². The van der Waals surface area contributed by atoms with Crippen molar-refractivity contribution in [3.8, 4) is 11.5 Å². The van der Waals surface area contributed by atoms with Crippen molar-refractivity contribution in [1.29, 1.82) is 0 Å². The number of nitrogens with one attached hydrogen (secondary N) is 1. The number of halogens is 2. The van der Waals surface area contributed by atoms with E-state index in [1.54, 1.807) is 23.1 Å². The highest BCUT2D eigenvalue weighted by atomic mass is 127. The van der Waals surface area contributed by atoms with Gasteiger partial charge in [-0.3, -0.25) is 14.4 Å². The predicted octanol–water partition coefficient (Wildman–Crippen LogP) is 3.43. The van der Waals surface area contributed by atoms with Crippen LogP contribution in [0.15, 0.2) is 48.0 Å². The van der Waals surface area contributed by atoms with Gasteiger partial charge >= 0.3 is 0 Å². The number of rotatable bonds is 12. The second kappa shape index (κ2) is 14.9. The lowest BCUT2D eigenvalue weighted by atomic mass is 9.87. The van der Waals surface area contributed by atoms with Gasteiger partial charge < -0.3 is 29.9 Å². The number of aldehydes is 1. The van der Waals surface area contributed by atoms with Crippen LogP contribution in [0, 0.1) is 15.3 Å². The highest BCUT2D eigenvalue weighted by molar-refractivity contribution is 14.1. The van der Waals surface area contributed by atoms with E-state index < -0.39 is 24.2 Å². The molecule has 0 bridgehead atoms. The molecule has 3 N–H and O–H groups in total. The topological polar surface area (TPSA) is 125 Å². The van der Waals surface area contributed by atoms with Crippen LogP contribution < -0.4 is 14.8 Å². The number of benzene rings is 2. The SMILES string of the molecule is COc1cc(C=O)cc(I)c1O[C@H]1C=C(C(=O)NCCO)C[C@@H](N(CCc2cccc(F)c2)C(=O)C2CCCC2)[C@@H]1O. The zero-order chi connectivity index (χ0) is 30.2. The highest BCUT2D eigenvalue weighted by Crippen LogP contribution is 2.37. The molecule has 226 valence electrons. The Balaban J connectivity index is 1.70. The van der Waals surface area contributed by atoms with Gasteiger partial charge in [0, 0.05) is 36.6 Å². The Morgan fingerprint density at radius 1 is 1.21 bits per heavy atom. The van der Waals surface area contributed by atoms with Crippen molar-refractivity contribution in [3.63, 3.8) is 0 Å². The fourth-order valence-corrected chi connectivity index (χ4v) is 6.38. The van der Waals surface area contributed by atoms with Gasteiger partial charge in [0.2, 0.25) is 11.8 Å². The molecule has 0 radical (unpaired) electrons. The van der Waals surface area contributed by atoms with Crippen LogP contribution in [0.2, 0.25) is 0 Å². The monoisotopic (exact) mass is 694 g/mol. The van der Waals surface area contributed by atoms with Crippen LogP contribution in [0.4, 0.5) is 4.39 Å². The summed E-state index contributed by atoms with van der Waals surface area (Å²) in [6.45, 7) is 0.00908. The summed E-state index contributed by atoms with van der Waals surface area (Å²) < 4.78 is 26.2. The molecule has 2 aliphatic carbocycles. The maximum absolute atomic E-state index is 13.9. The minimum Gasteiger partial charge on any atom is -0.493 e. The van der Waals surface area contributed by atoms with Crippen molar-refractivity contribution < 1.29 is 38.5 Å². The lowest BCUT2D eigenvalue weighted by Gasteiger charge is -2.41. The summed E-state index contributed by atoms with van der Waals surface area (Å²) in [5.41, 5.74) is 1.40. The van der Waals surface area contributed by atoms with E-state index in [2.05, 4.69) is 5.32 Å². The Morgan fingerprint density at radius 3 is 2.64 bits per heavy atom. The summed E-state index contributed by atoms with van der Waals surface area (Å²) >= 11 is 2.01. The van der Waals surface area contributed by atoms with Crippen molar-refractivity contribution in [2.24, 2.45) is 5.92 Å². The highest BCUT2D eigenvalue weighted by Gasteiger charge is 2.42. The molecule has 42 heavy (non-hydrogen) atoms. The van der Waals surface area contributed by atoms with E-state index in [1.807, 2.05) is 22.6 Å². The maximum Gasteiger partial charge on any atom is 0.247 e. The molecule has 0 aliphatic heterocycles. The molecule has 0 spiro atoms. The minimum absolute atomic E-state index is 0.0398. The Hall–Kier alpha value is -3.03. The van der Waals surface area contributed by atoms with Crippen LogP contribution in [0.25, 0.3) is 0 Å². The van der Waals surface area contributed by atoms with Gasteiger partial charge in [0.05, 0.1) is 23.3 Å². The Bertz CT molecular complexity index is 1310. The van der Waals surface area contributed by atoms with E-state index in [0.29, 0.717) is 33.0 Å². The lowest BCUT2D eigenvalue weighted by Crippen LogP contribution is -2.56. The van der Waals surface area contributed by atoms with E-state index in [0.717, 1.165) is 25.7 Å².